The highest BCUT2D eigenvalue weighted by atomic mass is 15.1. The van der Waals surface area contributed by atoms with Crippen LogP contribution in [0.4, 0.5) is 11.4 Å². The van der Waals surface area contributed by atoms with Crippen LogP contribution in [0.15, 0.2) is 84.9 Å². The molecule has 2 fully saturated rings. The van der Waals surface area contributed by atoms with Crippen molar-refractivity contribution >= 4 is 32.9 Å². The van der Waals surface area contributed by atoms with E-state index in [4.69, 9.17) is 0 Å². The van der Waals surface area contributed by atoms with Gasteiger partial charge >= 0.3 is 0 Å². The van der Waals surface area contributed by atoms with Crippen molar-refractivity contribution in [3.05, 3.63) is 96.1 Å². The topological polar surface area (TPSA) is 6.48 Å². The van der Waals surface area contributed by atoms with Crippen molar-refractivity contribution < 1.29 is 0 Å². The normalized spacial score (nSPS) is 16.1. The third kappa shape index (κ3) is 4.64. The highest BCUT2D eigenvalue weighted by Crippen LogP contribution is 2.46. The first kappa shape index (κ1) is 25.2. The van der Waals surface area contributed by atoms with Crippen LogP contribution >= 0.6 is 0 Å². The number of nitrogens with zero attached hydrogens (tertiary/aromatic N) is 2. The molecule has 0 radical (unpaired) electrons. The number of benzene rings is 5. The molecule has 2 aliphatic heterocycles. The molecule has 202 valence electrons. The van der Waals surface area contributed by atoms with Crippen molar-refractivity contribution in [3.8, 4) is 22.3 Å². The lowest BCUT2D eigenvalue weighted by molar-refractivity contribution is 0.578. The van der Waals surface area contributed by atoms with Gasteiger partial charge in [0.2, 0.25) is 0 Å². The van der Waals surface area contributed by atoms with Crippen LogP contribution in [-0.4, -0.2) is 26.2 Å². The van der Waals surface area contributed by atoms with Crippen molar-refractivity contribution in [1.29, 1.82) is 0 Å². The second-order valence-electron chi connectivity index (χ2n) is 12.0. The van der Waals surface area contributed by atoms with Gasteiger partial charge in [0.15, 0.2) is 0 Å². The van der Waals surface area contributed by atoms with Gasteiger partial charge in [-0.25, -0.2) is 0 Å². The summed E-state index contributed by atoms with van der Waals surface area (Å²) in [6.45, 7) is 9.08. The Balaban J connectivity index is 1.57. The van der Waals surface area contributed by atoms with Crippen LogP contribution in [0, 0.1) is 13.8 Å². The Morgan fingerprint density at radius 2 is 0.900 bits per heavy atom. The number of piperidine rings is 2. The van der Waals surface area contributed by atoms with E-state index in [0.29, 0.717) is 0 Å². The molecule has 2 heteroatoms. The van der Waals surface area contributed by atoms with Crippen molar-refractivity contribution in [2.45, 2.75) is 52.4 Å². The summed E-state index contributed by atoms with van der Waals surface area (Å²) in [7, 11) is 0. The Bertz CT molecular complexity index is 1650. The van der Waals surface area contributed by atoms with Crippen molar-refractivity contribution in [1.82, 2.24) is 0 Å². The summed E-state index contributed by atoms with van der Waals surface area (Å²) in [5.74, 6) is 0. The van der Waals surface area contributed by atoms with Crippen molar-refractivity contribution in [3.63, 3.8) is 0 Å². The number of rotatable bonds is 4. The Hall–Kier alpha value is -3.78. The number of hydrogen-bond acceptors (Lipinski definition) is 2. The molecule has 2 heterocycles. The SMILES string of the molecule is Cc1cc(C)cc(-c2c3ccc(N4CCCCC4)cc3c(-c3ccccc3)c3ccc(N4CCCCC4)cc23)c1. The Labute approximate surface area is 239 Å². The Morgan fingerprint density at radius 1 is 0.425 bits per heavy atom. The van der Waals surface area contributed by atoms with Crippen LogP contribution in [0.5, 0.6) is 0 Å². The first-order chi connectivity index (χ1) is 19.7. The van der Waals surface area contributed by atoms with Gasteiger partial charge in [-0.1, -0.05) is 71.8 Å². The van der Waals surface area contributed by atoms with Crippen LogP contribution in [-0.2, 0) is 0 Å². The number of anilines is 2. The second-order valence-corrected chi connectivity index (χ2v) is 12.0. The van der Waals surface area contributed by atoms with Gasteiger partial charge in [-0.2, -0.15) is 0 Å². The van der Waals surface area contributed by atoms with Gasteiger partial charge in [-0.05, 0) is 120 Å². The highest BCUT2D eigenvalue weighted by Gasteiger charge is 2.21. The molecule has 0 amide bonds. The zero-order valence-corrected chi connectivity index (χ0v) is 24.0. The molecule has 40 heavy (non-hydrogen) atoms. The zero-order valence-electron chi connectivity index (χ0n) is 24.0. The molecule has 0 bridgehead atoms. The number of aryl methyl sites for hydroxylation is 2. The standard InChI is InChI=1S/C38H40N2/c1-27-22-28(2)24-30(23-27)38-34-17-15-31(39-18-8-4-9-19-39)25-35(34)37(29-12-6-3-7-13-29)33-16-14-32(26-36(33)38)40-20-10-5-11-21-40/h3,6-7,12-17,22-26H,4-5,8-11,18-21H2,1-2H3. The molecule has 5 aromatic carbocycles. The molecule has 2 aliphatic rings. The van der Waals surface area contributed by atoms with Crippen molar-refractivity contribution in [2.75, 3.05) is 36.0 Å². The third-order valence-electron chi connectivity index (χ3n) is 9.10. The molecule has 0 spiro atoms. The molecule has 0 unspecified atom stereocenters. The van der Waals surface area contributed by atoms with E-state index in [0.717, 1.165) is 26.2 Å². The van der Waals surface area contributed by atoms with E-state index in [1.165, 1.54) is 105 Å². The van der Waals surface area contributed by atoms with Crippen LogP contribution in [0.2, 0.25) is 0 Å². The molecule has 0 saturated carbocycles. The summed E-state index contributed by atoms with van der Waals surface area (Å²) >= 11 is 0. The maximum absolute atomic E-state index is 2.60. The first-order valence-electron chi connectivity index (χ1n) is 15.3. The maximum atomic E-state index is 2.60. The van der Waals surface area contributed by atoms with Crippen molar-refractivity contribution in [2.24, 2.45) is 0 Å². The molecule has 5 aromatic rings. The smallest absolute Gasteiger partial charge is 0.0372 e. The third-order valence-corrected chi connectivity index (χ3v) is 9.10. The van der Waals surface area contributed by atoms with E-state index in [1.54, 1.807) is 0 Å². The minimum Gasteiger partial charge on any atom is -0.372 e. The van der Waals surface area contributed by atoms with Gasteiger partial charge in [-0.15, -0.1) is 0 Å². The van der Waals surface area contributed by atoms with Crippen LogP contribution < -0.4 is 9.80 Å². The largest absolute Gasteiger partial charge is 0.372 e. The van der Waals surface area contributed by atoms with Crippen LogP contribution in [0.25, 0.3) is 43.8 Å². The van der Waals surface area contributed by atoms with E-state index in [2.05, 4.69) is 109 Å². The minimum atomic E-state index is 1.16. The van der Waals surface area contributed by atoms with Gasteiger partial charge < -0.3 is 9.80 Å². The second kappa shape index (κ2) is 10.7. The lowest BCUT2D eigenvalue weighted by Gasteiger charge is -2.30. The molecule has 0 aliphatic carbocycles. The summed E-state index contributed by atoms with van der Waals surface area (Å²) in [4.78, 5) is 5.19. The van der Waals surface area contributed by atoms with Crippen LogP contribution in [0.1, 0.15) is 49.7 Å². The van der Waals surface area contributed by atoms with E-state index < -0.39 is 0 Å². The maximum Gasteiger partial charge on any atom is 0.0372 e. The molecule has 7 rings (SSSR count). The zero-order chi connectivity index (χ0) is 27.1. The van der Waals surface area contributed by atoms with Gasteiger partial charge in [0.05, 0.1) is 0 Å². The molecular weight excluding hydrogens is 484 g/mol. The summed E-state index contributed by atoms with van der Waals surface area (Å²) in [6.07, 6.45) is 7.84. The molecule has 0 atom stereocenters. The molecular formula is C38H40N2. The Morgan fingerprint density at radius 3 is 1.40 bits per heavy atom. The molecule has 2 nitrogen and oxygen atoms in total. The molecule has 2 saturated heterocycles. The summed E-state index contributed by atoms with van der Waals surface area (Å²) in [5, 5.41) is 5.43. The summed E-state index contributed by atoms with van der Waals surface area (Å²) in [5.41, 5.74) is 10.7. The first-order valence-corrected chi connectivity index (χ1v) is 15.3. The fraction of sp³-hybridized carbons (Fsp3) is 0.316. The lowest BCUT2D eigenvalue weighted by atomic mass is 9.84. The summed E-state index contributed by atoms with van der Waals surface area (Å²) in [6, 6.07) is 32.7. The van der Waals surface area contributed by atoms with Gasteiger partial charge in [-0.3, -0.25) is 0 Å². The van der Waals surface area contributed by atoms with Gasteiger partial charge in [0.1, 0.15) is 0 Å². The minimum absolute atomic E-state index is 1.16. The molecule has 0 aromatic heterocycles. The average molecular weight is 525 g/mol. The van der Waals surface area contributed by atoms with E-state index in [9.17, 15) is 0 Å². The lowest BCUT2D eigenvalue weighted by Crippen LogP contribution is -2.29. The Kier molecular flexibility index (Phi) is 6.71. The fourth-order valence-electron chi connectivity index (χ4n) is 7.25. The van der Waals surface area contributed by atoms with Gasteiger partial charge in [0, 0.05) is 37.6 Å². The fourth-order valence-corrected chi connectivity index (χ4v) is 7.25. The summed E-state index contributed by atoms with van der Waals surface area (Å²) < 4.78 is 0. The van der Waals surface area contributed by atoms with Crippen LogP contribution in [0.3, 0.4) is 0 Å². The predicted octanol–water partition coefficient (Wildman–Crippen LogP) is 9.92. The predicted molar refractivity (Wildman–Crippen MR) is 174 cm³/mol. The average Bonchev–Trinajstić information content (AvgIpc) is 3.00. The number of hydrogen-bond donors (Lipinski definition) is 0. The van der Waals surface area contributed by atoms with E-state index in [1.807, 2.05) is 0 Å². The molecule has 0 N–H and O–H groups in total. The van der Waals surface area contributed by atoms with E-state index >= 15 is 0 Å². The monoisotopic (exact) mass is 524 g/mol. The quantitative estimate of drug-likeness (QED) is 0.216. The van der Waals surface area contributed by atoms with Gasteiger partial charge in [0.25, 0.3) is 0 Å². The highest BCUT2D eigenvalue weighted by molar-refractivity contribution is 6.22. The van der Waals surface area contributed by atoms with E-state index in [-0.39, 0.29) is 0 Å². The number of fused-ring (bicyclic) bond motifs is 2.